The summed E-state index contributed by atoms with van der Waals surface area (Å²) in [5.41, 5.74) is 1.52. The number of benzene rings is 2. The van der Waals surface area contributed by atoms with Crippen LogP contribution < -0.4 is 4.74 Å². The van der Waals surface area contributed by atoms with Gasteiger partial charge in [-0.1, -0.05) is 37.6 Å². The Labute approximate surface area is 182 Å². The van der Waals surface area contributed by atoms with E-state index in [1.807, 2.05) is 0 Å². The Hall–Kier alpha value is -2.87. The van der Waals surface area contributed by atoms with Crippen LogP contribution in [0.2, 0.25) is 0 Å². The van der Waals surface area contributed by atoms with Gasteiger partial charge < -0.3 is 9.84 Å². The molecule has 0 bridgehead atoms. The highest BCUT2D eigenvalue weighted by Gasteiger charge is 2.30. The van der Waals surface area contributed by atoms with Gasteiger partial charge in [0.25, 0.3) is 0 Å². The van der Waals surface area contributed by atoms with Crippen LogP contribution in [-0.4, -0.2) is 22.7 Å². The van der Waals surface area contributed by atoms with Crippen LogP contribution in [0.4, 0.5) is 13.2 Å². The number of rotatable bonds is 9. The molecule has 1 aromatic heterocycles. The van der Waals surface area contributed by atoms with E-state index in [0.717, 1.165) is 35.5 Å². The number of carboxylic acid groups (broad SMARTS) is 1. The molecule has 0 atom stereocenters. The van der Waals surface area contributed by atoms with Crippen molar-refractivity contribution in [1.29, 1.82) is 0 Å². The monoisotopic (exact) mass is 449 g/mol. The van der Waals surface area contributed by atoms with Crippen molar-refractivity contribution >= 4 is 17.3 Å². The summed E-state index contributed by atoms with van der Waals surface area (Å²) in [5, 5.41) is 9.60. The van der Waals surface area contributed by atoms with Crippen LogP contribution in [0, 0.1) is 0 Å². The lowest BCUT2D eigenvalue weighted by Gasteiger charge is -2.07. The van der Waals surface area contributed by atoms with Crippen molar-refractivity contribution in [3.8, 4) is 16.3 Å². The number of carbonyl (C=O) groups is 1. The van der Waals surface area contributed by atoms with Crippen molar-refractivity contribution in [2.24, 2.45) is 0 Å². The third kappa shape index (κ3) is 6.30. The number of halogens is 3. The minimum Gasteiger partial charge on any atom is -0.493 e. The highest BCUT2D eigenvalue weighted by Crippen LogP contribution is 2.33. The zero-order valence-electron chi connectivity index (χ0n) is 16.9. The molecule has 2 aromatic carbocycles. The molecule has 8 heteroatoms. The average molecular weight is 449 g/mol. The van der Waals surface area contributed by atoms with E-state index >= 15 is 0 Å². The van der Waals surface area contributed by atoms with Gasteiger partial charge in [-0.3, -0.25) is 4.79 Å². The molecule has 0 fully saturated rings. The molecule has 3 aromatic rings. The number of alkyl halides is 3. The molecule has 0 aliphatic carbocycles. The van der Waals surface area contributed by atoms with Crippen molar-refractivity contribution in [3.63, 3.8) is 0 Å². The fourth-order valence-corrected chi connectivity index (χ4v) is 4.33. The molecule has 0 radical (unpaired) electrons. The molecular formula is C23H22F3NO3S. The predicted octanol–water partition coefficient (Wildman–Crippen LogP) is 6.03. The Balaban J connectivity index is 1.70. The van der Waals surface area contributed by atoms with E-state index in [4.69, 9.17) is 9.84 Å². The molecule has 1 N–H and O–H groups in total. The highest BCUT2D eigenvalue weighted by molar-refractivity contribution is 7.15. The van der Waals surface area contributed by atoms with E-state index in [1.54, 1.807) is 24.3 Å². The molecule has 3 rings (SSSR count). The van der Waals surface area contributed by atoms with Crippen LogP contribution in [0.3, 0.4) is 0 Å². The van der Waals surface area contributed by atoms with Crippen molar-refractivity contribution in [2.45, 2.75) is 38.8 Å². The Kier molecular flexibility index (Phi) is 7.33. The van der Waals surface area contributed by atoms with E-state index in [-0.39, 0.29) is 6.42 Å². The number of carboxylic acids is 1. The molecular weight excluding hydrogens is 427 g/mol. The first-order valence-corrected chi connectivity index (χ1v) is 10.7. The molecule has 4 nitrogen and oxygen atoms in total. The van der Waals surface area contributed by atoms with E-state index in [1.165, 1.54) is 23.5 Å². The van der Waals surface area contributed by atoms with Crippen molar-refractivity contribution in [3.05, 3.63) is 70.2 Å². The molecule has 0 aliphatic heterocycles. The van der Waals surface area contributed by atoms with Crippen LogP contribution in [0.1, 0.15) is 35.0 Å². The summed E-state index contributed by atoms with van der Waals surface area (Å²) in [6, 6.07) is 12.0. The lowest BCUT2D eigenvalue weighted by atomic mass is 10.1. The molecule has 1 heterocycles. The number of thiazole rings is 1. The molecule has 0 amide bonds. The van der Waals surface area contributed by atoms with Gasteiger partial charge in [0.15, 0.2) is 0 Å². The summed E-state index contributed by atoms with van der Waals surface area (Å²) in [4.78, 5) is 16.6. The van der Waals surface area contributed by atoms with E-state index in [2.05, 4.69) is 11.9 Å². The quantitative estimate of drug-likeness (QED) is 0.433. The SMILES string of the molecule is CCCc1sc(-c2ccc(C(F)(F)F)cc2)nc1CCOc1cccc(CC(=O)O)c1. The van der Waals surface area contributed by atoms with Gasteiger partial charge in [0.1, 0.15) is 10.8 Å². The smallest absolute Gasteiger partial charge is 0.416 e. The molecule has 0 unspecified atom stereocenters. The number of nitrogens with zero attached hydrogens (tertiary/aromatic N) is 1. The average Bonchev–Trinajstić information content (AvgIpc) is 3.10. The number of aliphatic carboxylic acids is 1. The van der Waals surface area contributed by atoms with Gasteiger partial charge in [-0.15, -0.1) is 11.3 Å². The summed E-state index contributed by atoms with van der Waals surface area (Å²) in [6.45, 7) is 2.43. The first kappa shape index (κ1) is 22.8. The molecule has 0 saturated carbocycles. The second-order valence-corrected chi connectivity index (χ2v) is 8.11. The molecule has 164 valence electrons. The van der Waals surface area contributed by atoms with Gasteiger partial charge in [-0.05, 0) is 36.2 Å². The van der Waals surface area contributed by atoms with Crippen LogP contribution >= 0.6 is 11.3 Å². The Morgan fingerprint density at radius 1 is 1.13 bits per heavy atom. The van der Waals surface area contributed by atoms with Crippen LogP contribution in [0.5, 0.6) is 5.75 Å². The summed E-state index contributed by atoms with van der Waals surface area (Å²) in [5.74, 6) is -0.311. The van der Waals surface area contributed by atoms with E-state index < -0.39 is 17.7 Å². The van der Waals surface area contributed by atoms with Crippen molar-refractivity contribution < 1.29 is 27.8 Å². The Morgan fingerprint density at radius 3 is 2.52 bits per heavy atom. The summed E-state index contributed by atoms with van der Waals surface area (Å²) in [6.07, 6.45) is -2.11. The fourth-order valence-electron chi connectivity index (χ4n) is 3.11. The lowest BCUT2D eigenvalue weighted by Crippen LogP contribution is -2.05. The van der Waals surface area contributed by atoms with Gasteiger partial charge in [0, 0.05) is 16.9 Å². The maximum absolute atomic E-state index is 12.8. The number of hydrogen-bond acceptors (Lipinski definition) is 4. The Bertz CT molecular complexity index is 1030. The van der Waals surface area contributed by atoms with Crippen LogP contribution in [-0.2, 0) is 30.2 Å². The summed E-state index contributed by atoms with van der Waals surface area (Å²) >= 11 is 1.49. The molecule has 0 saturated heterocycles. The topological polar surface area (TPSA) is 59.4 Å². The lowest BCUT2D eigenvalue weighted by molar-refractivity contribution is -0.138. The zero-order valence-corrected chi connectivity index (χ0v) is 17.7. The normalized spacial score (nSPS) is 11.5. The van der Waals surface area contributed by atoms with Crippen molar-refractivity contribution in [2.75, 3.05) is 6.61 Å². The van der Waals surface area contributed by atoms with Gasteiger partial charge in [0.2, 0.25) is 0 Å². The minimum absolute atomic E-state index is 0.0690. The summed E-state index contributed by atoms with van der Waals surface area (Å²) in [7, 11) is 0. The maximum Gasteiger partial charge on any atom is 0.416 e. The largest absolute Gasteiger partial charge is 0.493 e. The van der Waals surface area contributed by atoms with E-state index in [9.17, 15) is 18.0 Å². The zero-order chi connectivity index (χ0) is 22.4. The van der Waals surface area contributed by atoms with Gasteiger partial charge in [0.05, 0.1) is 24.3 Å². The number of aromatic nitrogens is 1. The van der Waals surface area contributed by atoms with Crippen LogP contribution in [0.25, 0.3) is 10.6 Å². The first-order chi connectivity index (χ1) is 14.8. The second-order valence-electron chi connectivity index (χ2n) is 7.03. The minimum atomic E-state index is -4.36. The number of aryl methyl sites for hydroxylation is 1. The molecule has 31 heavy (non-hydrogen) atoms. The standard InChI is InChI=1S/C23H22F3NO3S/c1-2-4-20-19(11-12-30-18-6-3-5-15(13-18)14-21(28)29)27-22(31-20)16-7-9-17(10-8-16)23(24,25)26/h3,5-10,13H,2,4,11-12,14H2,1H3,(H,28,29). The third-order valence-corrected chi connectivity index (χ3v) is 5.78. The van der Waals surface area contributed by atoms with Gasteiger partial charge >= 0.3 is 12.1 Å². The number of ether oxygens (including phenoxy) is 1. The Morgan fingerprint density at radius 2 is 1.87 bits per heavy atom. The number of hydrogen-bond donors (Lipinski definition) is 1. The van der Waals surface area contributed by atoms with Crippen LogP contribution in [0.15, 0.2) is 48.5 Å². The fraction of sp³-hybridized carbons (Fsp3) is 0.304. The third-order valence-electron chi connectivity index (χ3n) is 4.58. The van der Waals surface area contributed by atoms with Gasteiger partial charge in [-0.2, -0.15) is 13.2 Å². The van der Waals surface area contributed by atoms with Gasteiger partial charge in [-0.25, -0.2) is 4.98 Å². The van der Waals surface area contributed by atoms with Crippen molar-refractivity contribution in [1.82, 2.24) is 4.98 Å². The maximum atomic E-state index is 12.8. The first-order valence-electron chi connectivity index (χ1n) is 9.86. The highest BCUT2D eigenvalue weighted by atomic mass is 32.1. The second kappa shape index (κ2) is 9.96. The van der Waals surface area contributed by atoms with E-state index in [0.29, 0.717) is 34.9 Å². The predicted molar refractivity (Wildman–Crippen MR) is 114 cm³/mol. The molecule has 0 spiro atoms. The summed E-state index contributed by atoms with van der Waals surface area (Å²) < 4.78 is 44.2. The molecule has 0 aliphatic rings.